The van der Waals surface area contributed by atoms with Crippen LogP contribution in [0.1, 0.15) is 24.9 Å². The third kappa shape index (κ3) is 3.32. The summed E-state index contributed by atoms with van der Waals surface area (Å²) in [5.74, 6) is -0.244. The summed E-state index contributed by atoms with van der Waals surface area (Å²) in [5, 5.41) is 11.1. The number of ketones is 1. The Morgan fingerprint density at radius 3 is 2.50 bits per heavy atom. The number of hydrogen-bond donors (Lipinski definition) is 1. The van der Waals surface area contributed by atoms with E-state index in [1.807, 2.05) is 53.2 Å². The zero-order chi connectivity index (χ0) is 20.5. The van der Waals surface area contributed by atoms with Gasteiger partial charge in [-0.3, -0.25) is 9.59 Å². The van der Waals surface area contributed by atoms with Crippen molar-refractivity contribution in [3.8, 4) is 11.3 Å². The number of anilines is 1. The predicted octanol–water partition coefficient (Wildman–Crippen LogP) is 5.00. The molecule has 0 atom stereocenters. The van der Waals surface area contributed by atoms with E-state index in [0.717, 1.165) is 11.3 Å². The second-order valence-electron chi connectivity index (χ2n) is 6.44. The van der Waals surface area contributed by atoms with Crippen LogP contribution in [0.25, 0.3) is 16.9 Å². The van der Waals surface area contributed by atoms with Gasteiger partial charge in [-0.25, -0.2) is 9.50 Å². The van der Waals surface area contributed by atoms with Gasteiger partial charge in [0, 0.05) is 17.4 Å². The average Bonchev–Trinajstić information content (AvgIpc) is 3.55. The monoisotopic (exact) mass is 430 g/mol. The predicted molar refractivity (Wildman–Crippen MR) is 118 cm³/mol. The van der Waals surface area contributed by atoms with E-state index in [-0.39, 0.29) is 11.7 Å². The van der Waals surface area contributed by atoms with E-state index in [2.05, 4.69) is 15.4 Å². The Bertz CT molecular complexity index is 1360. The number of fused-ring (bicyclic) bond motifs is 1. The van der Waals surface area contributed by atoms with E-state index in [1.165, 1.54) is 22.7 Å². The van der Waals surface area contributed by atoms with E-state index in [9.17, 15) is 9.59 Å². The molecule has 0 aliphatic heterocycles. The molecule has 0 spiro atoms. The number of hydrogen-bond acceptors (Lipinski definition) is 6. The van der Waals surface area contributed by atoms with Crippen LogP contribution in [0.5, 0.6) is 0 Å². The van der Waals surface area contributed by atoms with Crippen molar-refractivity contribution in [2.75, 3.05) is 5.32 Å². The lowest BCUT2D eigenvalue weighted by Crippen LogP contribution is -2.10. The summed E-state index contributed by atoms with van der Waals surface area (Å²) in [4.78, 5) is 30.8. The summed E-state index contributed by atoms with van der Waals surface area (Å²) >= 11 is 2.78. The number of carbonyl (C=O) groups excluding carboxylic acids is 2. The number of rotatable bonds is 5. The number of benzene rings is 1. The minimum Gasteiger partial charge on any atom is -0.321 e. The standard InChI is InChI=1S/C22H14N4O2S2/c27-20(18-6-2-10-29-18)16-13-24-26-17(8-9-23-21(16)26)14-4-1-5-15(12-14)25-22(28)19-7-3-11-30-19/h1-13H,(H,25,28). The molecular formula is C22H14N4O2S2. The molecule has 8 heteroatoms. The van der Waals surface area contributed by atoms with Gasteiger partial charge in [-0.1, -0.05) is 24.3 Å². The lowest BCUT2D eigenvalue weighted by molar-refractivity contribution is 0.102. The zero-order valence-electron chi connectivity index (χ0n) is 15.5. The molecule has 1 N–H and O–H groups in total. The van der Waals surface area contributed by atoms with Gasteiger partial charge in [0.05, 0.1) is 27.2 Å². The number of thiophene rings is 2. The largest absolute Gasteiger partial charge is 0.321 e. The van der Waals surface area contributed by atoms with Gasteiger partial charge in [-0.15, -0.1) is 22.7 Å². The highest BCUT2D eigenvalue weighted by Gasteiger charge is 2.18. The number of amides is 1. The lowest BCUT2D eigenvalue weighted by atomic mass is 10.1. The van der Waals surface area contributed by atoms with Crippen LogP contribution in [0.2, 0.25) is 0 Å². The van der Waals surface area contributed by atoms with Crippen molar-refractivity contribution in [1.29, 1.82) is 0 Å². The maximum Gasteiger partial charge on any atom is 0.265 e. The number of aromatic nitrogens is 3. The third-order valence-corrected chi connectivity index (χ3v) is 6.29. The van der Waals surface area contributed by atoms with E-state index in [0.29, 0.717) is 26.7 Å². The molecule has 4 heterocycles. The first-order chi connectivity index (χ1) is 14.7. The second kappa shape index (κ2) is 7.66. The first kappa shape index (κ1) is 18.4. The molecule has 0 radical (unpaired) electrons. The molecule has 0 aliphatic carbocycles. The van der Waals surface area contributed by atoms with E-state index >= 15 is 0 Å². The van der Waals surface area contributed by atoms with Crippen LogP contribution < -0.4 is 5.32 Å². The van der Waals surface area contributed by atoms with Crippen molar-refractivity contribution in [3.05, 3.63) is 93.1 Å². The van der Waals surface area contributed by atoms with Gasteiger partial charge >= 0.3 is 0 Å². The van der Waals surface area contributed by atoms with E-state index < -0.39 is 0 Å². The van der Waals surface area contributed by atoms with Crippen LogP contribution in [-0.4, -0.2) is 26.3 Å². The van der Waals surface area contributed by atoms with Crippen LogP contribution in [0.15, 0.2) is 77.8 Å². The van der Waals surface area contributed by atoms with Gasteiger partial charge in [0.2, 0.25) is 5.78 Å². The normalized spacial score (nSPS) is 10.9. The molecule has 0 bridgehead atoms. The summed E-state index contributed by atoms with van der Waals surface area (Å²) in [6.07, 6.45) is 3.21. The van der Waals surface area contributed by atoms with Gasteiger partial charge in [0.15, 0.2) is 5.65 Å². The highest BCUT2D eigenvalue weighted by Crippen LogP contribution is 2.26. The summed E-state index contributed by atoms with van der Waals surface area (Å²) in [6.45, 7) is 0. The highest BCUT2D eigenvalue weighted by molar-refractivity contribution is 7.12. The maximum atomic E-state index is 12.8. The minimum absolute atomic E-state index is 0.0957. The van der Waals surface area contributed by atoms with E-state index in [4.69, 9.17) is 0 Å². The van der Waals surface area contributed by atoms with Crippen molar-refractivity contribution in [1.82, 2.24) is 14.6 Å². The summed E-state index contributed by atoms with van der Waals surface area (Å²) < 4.78 is 1.65. The highest BCUT2D eigenvalue weighted by atomic mass is 32.1. The summed E-state index contributed by atoms with van der Waals surface area (Å²) in [5.41, 5.74) is 3.26. The molecule has 5 rings (SSSR count). The fraction of sp³-hybridized carbons (Fsp3) is 0. The second-order valence-corrected chi connectivity index (χ2v) is 8.34. The van der Waals surface area contributed by atoms with E-state index in [1.54, 1.807) is 29.0 Å². The third-order valence-electron chi connectivity index (χ3n) is 4.55. The number of nitrogens with zero attached hydrogens (tertiary/aromatic N) is 3. The first-order valence-electron chi connectivity index (χ1n) is 9.07. The molecule has 1 aromatic carbocycles. The van der Waals surface area contributed by atoms with Crippen molar-refractivity contribution in [2.45, 2.75) is 0 Å². The van der Waals surface area contributed by atoms with Gasteiger partial charge in [-0.2, -0.15) is 5.10 Å². The Labute approximate surface area is 179 Å². The quantitative estimate of drug-likeness (QED) is 0.398. The fourth-order valence-corrected chi connectivity index (χ4v) is 4.46. The molecule has 0 saturated heterocycles. The molecular weight excluding hydrogens is 416 g/mol. The average molecular weight is 431 g/mol. The summed E-state index contributed by atoms with van der Waals surface area (Å²) in [6, 6.07) is 16.6. The molecule has 0 aliphatic rings. The molecule has 4 aromatic heterocycles. The smallest absolute Gasteiger partial charge is 0.265 e. The maximum absolute atomic E-state index is 12.8. The Kier molecular flexibility index (Phi) is 4.70. The van der Waals surface area contributed by atoms with Crippen molar-refractivity contribution in [2.24, 2.45) is 0 Å². The van der Waals surface area contributed by atoms with Gasteiger partial charge in [0.25, 0.3) is 5.91 Å². The van der Waals surface area contributed by atoms with Crippen molar-refractivity contribution >= 4 is 45.7 Å². The van der Waals surface area contributed by atoms with Crippen molar-refractivity contribution < 1.29 is 9.59 Å². The Morgan fingerprint density at radius 1 is 0.933 bits per heavy atom. The molecule has 146 valence electrons. The zero-order valence-corrected chi connectivity index (χ0v) is 17.1. The molecule has 1 amide bonds. The van der Waals surface area contributed by atoms with Crippen LogP contribution in [-0.2, 0) is 0 Å². The SMILES string of the molecule is O=C(Nc1cccc(-c2ccnc3c(C(=O)c4cccs4)cnn23)c1)c1cccs1. The van der Waals surface area contributed by atoms with Crippen LogP contribution in [0.4, 0.5) is 5.69 Å². The van der Waals surface area contributed by atoms with Gasteiger partial charge in [-0.05, 0) is 41.1 Å². The fourth-order valence-electron chi connectivity index (χ4n) is 3.17. The lowest BCUT2D eigenvalue weighted by Gasteiger charge is -2.08. The molecule has 30 heavy (non-hydrogen) atoms. The molecule has 5 aromatic rings. The van der Waals surface area contributed by atoms with Gasteiger partial charge in [0.1, 0.15) is 0 Å². The van der Waals surface area contributed by atoms with Crippen LogP contribution in [0.3, 0.4) is 0 Å². The molecule has 0 fully saturated rings. The molecule has 0 saturated carbocycles. The topological polar surface area (TPSA) is 76.4 Å². The minimum atomic E-state index is -0.148. The first-order valence-corrected chi connectivity index (χ1v) is 10.8. The Balaban J connectivity index is 1.51. The van der Waals surface area contributed by atoms with Crippen molar-refractivity contribution in [3.63, 3.8) is 0 Å². The van der Waals surface area contributed by atoms with Gasteiger partial charge < -0.3 is 5.32 Å². The van der Waals surface area contributed by atoms with Crippen LogP contribution >= 0.6 is 22.7 Å². The Hall–Kier alpha value is -3.62. The Morgan fingerprint density at radius 2 is 1.73 bits per heavy atom. The molecule has 6 nitrogen and oxygen atoms in total. The number of nitrogens with one attached hydrogen (secondary N) is 1. The summed E-state index contributed by atoms with van der Waals surface area (Å²) in [7, 11) is 0. The number of carbonyl (C=O) groups is 2. The van der Waals surface area contributed by atoms with Crippen LogP contribution in [0, 0.1) is 0 Å². The molecule has 0 unspecified atom stereocenters.